The minimum absolute atomic E-state index is 0.0357. The van der Waals surface area contributed by atoms with Crippen LogP contribution >= 0.6 is 0 Å². The molecule has 8 nitrogen and oxygen atoms in total. The van der Waals surface area contributed by atoms with Gasteiger partial charge in [-0.25, -0.2) is 9.82 Å². The molecule has 2 aromatic rings. The maximum Gasteiger partial charge on any atom is 0.274 e. The Balaban J connectivity index is 2.24. The van der Waals surface area contributed by atoms with E-state index in [4.69, 9.17) is 4.74 Å². The van der Waals surface area contributed by atoms with Crippen LogP contribution in [0.1, 0.15) is 22.8 Å². The van der Waals surface area contributed by atoms with Crippen LogP contribution in [0.25, 0.3) is 0 Å². The van der Waals surface area contributed by atoms with Crippen molar-refractivity contribution in [2.75, 3.05) is 6.61 Å². The van der Waals surface area contributed by atoms with E-state index in [2.05, 4.69) is 10.5 Å². The number of amides is 1. The molecule has 0 aliphatic rings. The van der Waals surface area contributed by atoms with E-state index < -0.39 is 16.6 Å². The topological polar surface area (TPSA) is 114 Å². The highest BCUT2D eigenvalue weighted by molar-refractivity contribution is 5.95. The van der Waals surface area contributed by atoms with E-state index in [9.17, 15) is 24.4 Å². The van der Waals surface area contributed by atoms with Crippen molar-refractivity contribution < 1.29 is 24.0 Å². The second-order valence-corrected chi connectivity index (χ2v) is 4.75. The summed E-state index contributed by atoms with van der Waals surface area (Å²) in [5.41, 5.74) is 1.52. The van der Waals surface area contributed by atoms with Gasteiger partial charge in [-0.3, -0.25) is 14.9 Å². The normalized spacial score (nSPS) is 10.6. The number of aromatic hydroxyl groups is 1. The maximum absolute atomic E-state index is 13.5. The van der Waals surface area contributed by atoms with Crippen molar-refractivity contribution in [3.05, 3.63) is 63.5 Å². The van der Waals surface area contributed by atoms with Gasteiger partial charge >= 0.3 is 0 Å². The quantitative estimate of drug-likeness (QED) is 0.473. The summed E-state index contributed by atoms with van der Waals surface area (Å²) in [6.45, 7) is 1.84. The van der Waals surface area contributed by atoms with Gasteiger partial charge < -0.3 is 9.84 Å². The van der Waals surface area contributed by atoms with Gasteiger partial charge in [0.15, 0.2) is 11.5 Å². The highest BCUT2D eigenvalue weighted by Crippen LogP contribution is 2.33. The molecule has 0 spiro atoms. The van der Waals surface area contributed by atoms with Gasteiger partial charge in [0, 0.05) is 11.6 Å². The van der Waals surface area contributed by atoms with E-state index in [0.717, 1.165) is 24.4 Å². The van der Waals surface area contributed by atoms with E-state index >= 15 is 0 Å². The smallest absolute Gasteiger partial charge is 0.274 e. The number of phenolic OH excluding ortho intramolecular Hbond substituents is 1. The SMILES string of the molecule is CCOc1cc([N+](=O)[O-])cc(/C=N/NC(=O)c2ccccc2F)c1O. The lowest BCUT2D eigenvalue weighted by atomic mass is 10.1. The largest absolute Gasteiger partial charge is 0.504 e. The molecule has 9 heteroatoms. The van der Waals surface area contributed by atoms with Crippen LogP contribution in [0.3, 0.4) is 0 Å². The number of phenols is 1. The molecule has 0 radical (unpaired) electrons. The molecule has 0 aliphatic carbocycles. The van der Waals surface area contributed by atoms with Gasteiger partial charge in [0.05, 0.1) is 29.4 Å². The predicted molar refractivity (Wildman–Crippen MR) is 87.4 cm³/mol. The Morgan fingerprint density at radius 2 is 2.16 bits per heavy atom. The molecular formula is C16H14FN3O5. The molecule has 0 heterocycles. The molecule has 2 aromatic carbocycles. The van der Waals surface area contributed by atoms with Crippen molar-refractivity contribution in [2.45, 2.75) is 6.92 Å². The summed E-state index contributed by atoms with van der Waals surface area (Å²) in [4.78, 5) is 22.1. The van der Waals surface area contributed by atoms with Crippen molar-refractivity contribution in [1.82, 2.24) is 5.43 Å². The van der Waals surface area contributed by atoms with Crippen LogP contribution < -0.4 is 10.2 Å². The monoisotopic (exact) mass is 347 g/mol. The van der Waals surface area contributed by atoms with E-state index in [-0.39, 0.29) is 34.9 Å². The van der Waals surface area contributed by atoms with E-state index in [1.165, 1.54) is 18.2 Å². The molecule has 1 amide bonds. The van der Waals surface area contributed by atoms with Gasteiger partial charge in [0.25, 0.3) is 11.6 Å². The first-order valence-electron chi connectivity index (χ1n) is 7.16. The van der Waals surface area contributed by atoms with Crippen LogP contribution in [0.5, 0.6) is 11.5 Å². The molecule has 0 bridgehead atoms. The number of nitro benzene ring substituents is 1. The summed E-state index contributed by atoms with van der Waals surface area (Å²) >= 11 is 0. The summed E-state index contributed by atoms with van der Waals surface area (Å²) in [7, 11) is 0. The van der Waals surface area contributed by atoms with Gasteiger partial charge in [0.2, 0.25) is 0 Å². The lowest BCUT2D eigenvalue weighted by Gasteiger charge is -2.08. The maximum atomic E-state index is 13.5. The number of hydrogen-bond acceptors (Lipinski definition) is 6. The van der Waals surface area contributed by atoms with Crippen molar-refractivity contribution in [2.24, 2.45) is 5.10 Å². The Morgan fingerprint density at radius 3 is 2.80 bits per heavy atom. The molecule has 0 aromatic heterocycles. The molecule has 2 N–H and O–H groups in total. The highest BCUT2D eigenvalue weighted by Gasteiger charge is 2.16. The van der Waals surface area contributed by atoms with Gasteiger partial charge in [-0.05, 0) is 19.1 Å². The average Bonchev–Trinajstić information content (AvgIpc) is 2.58. The lowest BCUT2D eigenvalue weighted by molar-refractivity contribution is -0.385. The van der Waals surface area contributed by atoms with Crippen LogP contribution in [0.4, 0.5) is 10.1 Å². The summed E-state index contributed by atoms with van der Waals surface area (Å²) in [5.74, 6) is -1.97. The number of benzene rings is 2. The third kappa shape index (κ3) is 4.28. The first-order chi connectivity index (χ1) is 11.9. The standard InChI is InChI=1S/C16H14FN3O5/c1-2-25-14-8-11(20(23)24)7-10(15(14)21)9-18-19-16(22)12-5-3-4-6-13(12)17/h3-9,21H,2H2,1H3,(H,19,22)/b18-9+. The first-order valence-corrected chi connectivity index (χ1v) is 7.16. The fraction of sp³-hybridized carbons (Fsp3) is 0.125. The third-order valence-electron chi connectivity index (χ3n) is 3.09. The Labute approximate surface area is 141 Å². The van der Waals surface area contributed by atoms with Crippen molar-refractivity contribution >= 4 is 17.8 Å². The number of carbonyl (C=O) groups is 1. The number of nitrogens with one attached hydrogen (secondary N) is 1. The second-order valence-electron chi connectivity index (χ2n) is 4.75. The zero-order valence-corrected chi connectivity index (χ0v) is 13.1. The minimum Gasteiger partial charge on any atom is -0.504 e. The molecule has 0 saturated carbocycles. The number of nitro groups is 1. The number of hydrazone groups is 1. The van der Waals surface area contributed by atoms with Crippen molar-refractivity contribution in [3.8, 4) is 11.5 Å². The predicted octanol–water partition coefficient (Wildman–Crippen LogP) is 2.60. The first kappa shape index (κ1) is 17.9. The van der Waals surface area contributed by atoms with Crippen molar-refractivity contribution in [3.63, 3.8) is 0 Å². The molecule has 130 valence electrons. The van der Waals surface area contributed by atoms with Gasteiger partial charge in [-0.1, -0.05) is 12.1 Å². The lowest BCUT2D eigenvalue weighted by Crippen LogP contribution is -2.18. The van der Waals surface area contributed by atoms with Crippen LogP contribution in [0.15, 0.2) is 41.5 Å². The molecule has 0 aliphatic heterocycles. The fourth-order valence-corrected chi connectivity index (χ4v) is 1.95. The molecule has 0 unspecified atom stereocenters. The fourth-order valence-electron chi connectivity index (χ4n) is 1.95. The Hall–Kier alpha value is -3.49. The summed E-state index contributed by atoms with van der Waals surface area (Å²) in [6, 6.07) is 7.47. The van der Waals surface area contributed by atoms with Gasteiger partial charge in [-0.2, -0.15) is 5.10 Å². The Kier molecular flexibility index (Phi) is 5.62. The van der Waals surface area contributed by atoms with Crippen molar-refractivity contribution in [1.29, 1.82) is 0 Å². The van der Waals surface area contributed by atoms with Crippen LogP contribution in [-0.2, 0) is 0 Å². The summed E-state index contributed by atoms with van der Waals surface area (Å²) in [6.07, 6.45) is 1.00. The summed E-state index contributed by atoms with van der Waals surface area (Å²) in [5, 5.41) is 24.6. The molecule has 2 rings (SSSR count). The molecule has 25 heavy (non-hydrogen) atoms. The molecule has 0 fully saturated rings. The Bertz CT molecular complexity index is 839. The summed E-state index contributed by atoms with van der Waals surface area (Å²) < 4.78 is 18.6. The number of ether oxygens (including phenoxy) is 1. The number of non-ortho nitro benzene ring substituents is 1. The van der Waals surface area contributed by atoms with E-state index in [1.54, 1.807) is 6.92 Å². The number of halogens is 1. The van der Waals surface area contributed by atoms with E-state index in [1.807, 2.05) is 0 Å². The second kappa shape index (κ2) is 7.86. The number of carbonyl (C=O) groups excluding carboxylic acids is 1. The van der Waals surface area contributed by atoms with Crippen LogP contribution in [0.2, 0.25) is 0 Å². The van der Waals surface area contributed by atoms with Gasteiger partial charge in [0.1, 0.15) is 5.82 Å². The molecule has 0 saturated heterocycles. The highest BCUT2D eigenvalue weighted by atomic mass is 19.1. The van der Waals surface area contributed by atoms with Crippen LogP contribution in [-0.4, -0.2) is 28.8 Å². The number of rotatable bonds is 6. The average molecular weight is 347 g/mol. The molecule has 0 atom stereocenters. The zero-order valence-electron chi connectivity index (χ0n) is 13.1. The third-order valence-corrected chi connectivity index (χ3v) is 3.09. The van der Waals surface area contributed by atoms with Crippen LogP contribution in [0, 0.1) is 15.9 Å². The zero-order chi connectivity index (χ0) is 18.4. The Morgan fingerprint density at radius 1 is 1.44 bits per heavy atom. The number of nitrogens with zero attached hydrogens (tertiary/aromatic N) is 2. The molecular weight excluding hydrogens is 333 g/mol. The van der Waals surface area contributed by atoms with E-state index in [0.29, 0.717) is 0 Å². The number of hydrogen-bond donors (Lipinski definition) is 2. The minimum atomic E-state index is -0.802. The van der Waals surface area contributed by atoms with Gasteiger partial charge in [-0.15, -0.1) is 0 Å².